The number of Topliss-reactive ketones (excluding diaryl/α,β-unsaturated/α-hetero) is 1. The van der Waals surface area contributed by atoms with Crippen LogP contribution in [0, 0.1) is 0 Å². The fourth-order valence-electron chi connectivity index (χ4n) is 2.56. The molecule has 2 aromatic rings. The number of ketones is 1. The van der Waals surface area contributed by atoms with E-state index in [-0.39, 0.29) is 5.78 Å². The average Bonchev–Trinajstić information content (AvgIpc) is 2.55. The van der Waals surface area contributed by atoms with Crippen molar-refractivity contribution in [1.82, 2.24) is 10.3 Å². The van der Waals surface area contributed by atoms with Gasteiger partial charge in [0.1, 0.15) is 0 Å². The molecule has 2 heterocycles. The fraction of sp³-hybridized carbons (Fsp3) is 0.294. The van der Waals surface area contributed by atoms with E-state index >= 15 is 0 Å². The Balaban J connectivity index is 1.58. The summed E-state index contributed by atoms with van der Waals surface area (Å²) < 4.78 is 0. The molecule has 0 aliphatic carbocycles. The van der Waals surface area contributed by atoms with Crippen LogP contribution in [0.15, 0.2) is 42.6 Å². The first kappa shape index (κ1) is 13.8. The minimum atomic E-state index is 0.124. The number of rotatable bonds is 5. The number of benzene rings is 1. The number of aromatic nitrogens is 1. The molecule has 0 bridgehead atoms. The van der Waals surface area contributed by atoms with Gasteiger partial charge in [0.15, 0.2) is 5.78 Å². The van der Waals surface area contributed by atoms with Crippen molar-refractivity contribution >= 4 is 11.5 Å². The summed E-state index contributed by atoms with van der Waals surface area (Å²) in [6, 6.07) is 11.7. The van der Waals surface area contributed by atoms with Crippen molar-refractivity contribution in [3.63, 3.8) is 0 Å². The SMILES string of the molecule is O=C(CNCc1ccccn1)c1ccc2c(c1)CCCN2. The number of hydrogen-bond acceptors (Lipinski definition) is 4. The number of aryl methyl sites for hydroxylation is 1. The van der Waals surface area contributed by atoms with Crippen molar-refractivity contribution in [2.45, 2.75) is 19.4 Å². The number of hydrogen-bond donors (Lipinski definition) is 2. The van der Waals surface area contributed by atoms with E-state index in [0.29, 0.717) is 13.1 Å². The Kier molecular flexibility index (Phi) is 4.26. The van der Waals surface area contributed by atoms with Crippen molar-refractivity contribution in [3.8, 4) is 0 Å². The zero-order chi connectivity index (χ0) is 14.5. The van der Waals surface area contributed by atoms with Crippen LogP contribution in [0.2, 0.25) is 0 Å². The second-order valence-corrected chi connectivity index (χ2v) is 5.25. The molecule has 1 aromatic heterocycles. The minimum absolute atomic E-state index is 0.124. The number of pyridine rings is 1. The predicted molar refractivity (Wildman–Crippen MR) is 83.5 cm³/mol. The van der Waals surface area contributed by atoms with E-state index in [0.717, 1.165) is 30.6 Å². The largest absolute Gasteiger partial charge is 0.385 e. The third-order valence-electron chi connectivity index (χ3n) is 3.68. The number of nitrogens with one attached hydrogen (secondary N) is 2. The summed E-state index contributed by atoms with van der Waals surface area (Å²) in [5.41, 5.74) is 4.14. The van der Waals surface area contributed by atoms with Gasteiger partial charge >= 0.3 is 0 Å². The lowest BCUT2D eigenvalue weighted by molar-refractivity contribution is 0.0990. The van der Waals surface area contributed by atoms with Gasteiger partial charge in [-0.05, 0) is 48.7 Å². The van der Waals surface area contributed by atoms with E-state index in [1.165, 1.54) is 11.3 Å². The molecule has 3 rings (SSSR count). The maximum absolute atomic E-state index is 12.2. The number of nitrogens with zero attached hydrogens (tertiary/aromatic N) is 1. The molecular formula is C17H19N3O. The molecular weight excluding hydrogens is 262 g/mol. The van der Waals surface area contributed by atoms with Gasteiger partial charge < -0.3 is 10.6 Å². The van der Waals surface area contributed by atoms with Crippen molar-refractivity contribution in [1.29, 1.82) is 0 Å². The van der Waals surface area contributed by atoms with Crippen LogP contribution < -0.4 is 10.6 Å². The van der Waals surface area contributed by atoms with Crippen LogP contribution in [0.25, 0.3) is 0 Å². The Labute approximate surface area is 124 Å². The quantitative estimate of drug-likeness (QED) is 0.826. The van der Waals surface area contributed by atoms with Gasteiger partial charge in [-0.15, -0.1) is 0 Å². The van der Waals surface area contributed by atoms with E-state index in [1.807, 2.05) is 36.4 Å². The van der Waals surface area contributed by atoms with Crippen LogP contribution in [0.1, 0.15) is 28.0 Å². The normalized spacial score (nSPS) is 13.3. The standard InChI is InChI=1S/C17H19N3O/c21-17(12-18-11-15-5-1-2-8-19-15)14-6-7-16-13(10-14)4-3-9-20-16/h1-2,5-8,10,18,20H,3-4,9,11-12H2. The second kappa shape index (κ2) is 6.50. The summed E-state index contributed by atoms with van der Waals surface area (Å²) in [5.74, 6) is 0.124. The number of anilines is 1. The Morgan fingerprint density at radius 1 is 1.29 bits per heavy atom. The molecule has 1 aliphatic heterocycles. The van der Waals surface area contributed by atoms with Crippen LogP contribution in [-0.4, -0.2) is 23.9 Å². The first-order chi connectivity index (χ1) is 10.3. The van der Waals surface area contributed by atoms with Crippen molar-refractivity contribution in [2.24, 2.45) is 0 Å². The van der Waals surface area contributed by atoms with Gasteiger partial charge in [0, 0.05) is 30.5 Å². The average molecular weight is 281 g/mol. The number of carbonyl (C=O) groups is 1. The highest BCUT2D eigenvalue weighted by Crippen LogP contribution is 2.22. The highest BCUT2D eigenvalue weighted by Gasteiger charge is 2.12. The van der Waals surface area contributed by atoms with E-state index in [4.69, 9.17) is 0 Å². The first-order valence-electron chi connectivity index (χ1n) is 7.33. The monoisotopic (exact) mass is 281 g/mol. The summed E-state index contributed by atoms with van der Waals surface area (Å²) >= 11 is 0. The highest BCUT2D eigenvalue weighted by atomic mass is 16.1. The summed E-state index contributed by atoms with van der Waals surface area (Å²) in [6.07, 6.45) is 3.93. The Morgan fingerprint density at radius 2 is 2.24 bits per heavy atom. The molecule has 0 fully saturated rings. The Morgan fingerprint density at radius 3 is 3.10 bits per heavy atom. The van der Waals surface area contributed by atoms with Crippen LogP contribution in [-0.2, 0) is 13.0 Å². The zero-order valence-corrected chi connectivity index (χ0v) is 11.9. The van der Waals surface area contributed by atoms with E-state index < -0.39 is 0 Å². The fourth-order valence-corrected chi connectivity index (χ4v) is 2.56. The van der Waals surface area contributed by atoms with Crippen molar-refractivity contribution < 1.29 is 4.79 Å². The van der Waals surface area contributed by atoms with Gasteiger partial charge in [0.2, 0.25) is 0 Å². The zero-order valence-electron chi connectivity index (χ0n) is 11.9. The third kappa shape index (κ3) is 3.47. The van der Waals surface area contributed by atoms with Crippen molar-refractivity contribution in [3.05, 3.63) is 59.4 Å². The van der Waals surface area contributed by atoms with Gasteiger partial charge in [-0.25, -0.2) is 0 Å². The Hall–Kier alpha value is -2.20. The molecule has 21 heavy (non-hydrogen) atoms. The van der Waals surface area contributed by atoms with Crippen LogP contribution in [0.5, 0.6) is 0 Å². The molecule has 1 aliphatic rings. The second-order valence-electron chi connectivity index (χ2n) is 5.25. The molecule has 0 spiro atoms. The number of fused-ring (bicyclic) bond motifs is 1. The Bertz CT molecular complexity index is 625. The predicted octanol–water partition coefficient (Wildman–Crippen LogP) is 2.41. The number of carbonyl (C=O) groups excluding carboxylic acids is 1. The molecule has 0 unspecified atom stereocenters. The lowest BCUT2D eigenvalue weighted by Crippen LogP contribution is -2.23. The summed E-state index contributed by atoms with van der Waals surface area (Å²) in [5, 5.41) is 6.51. The third-order valence-corrected chi connectivity index (χ3v) is 3.68. The van der Waals surface area contributed by atoms with Gasteiger partial charge in [-0.2, -0.15) is 0 Å². The molecule has 4 nitrogen and oxygen atoms in total. The molecule has 1 aromatic carbocycles. The maximum Gasteiger partial charge on any atom is 0.176 e. The van der Waals surface area contributed by atoms with Gasteiger partial charge in [0.25, 0.3) is 0 Å². The summed E-state index contributed by atoms with van der Waals surface area (Å²) in [6.45, 7) is 1.97. The lowest BCUT2D eigenvalue weighted by Gasteiger charge is -2.18. The smallest absolute Gasteiger partial charge is 0.176 e. The van der Waals surface area contributed by atoms with Gasteiger partial charge in [-0.3, -0.25) is 9.78 Å². The van der Waals surface area contributed by atoms with Gasteiger partial charge in [0.05, 0.1) is 12.2 Å². The van der Waals surface area contributed by atoms with Crippen LogP contribution in [0.4, 0.5) is 5.69 Å². The molecule has 4 heteroatoms. The summed E-state index contributed by atoms with van der Waals surface area (Å²) in [4.78, 5) is 16.4. The maximum atomic E-state index is 12.2. The lowest BCUT2D eigenvalue weighted by atomic mass is 9.99. The topological polar surface area (TPSA) is 54.0 Å². The molecule has 2 N–H and O–H groups in total. The molecule has 0 atom stereocenters. The molecule has 108 valence electrons. The van der Waals surface area contributed by atoms with E-state index in [2.05, 4.69) is 15.6 Å². The highest BCUT2D eigenvalue weighted by molar-refractivity contribution is 5.98. The van der Waals surface area contributed by atoms with Crippen molar-refractivity contribution in [2.75, 3.05) is 18.4 Å². The van der Waals surface area contributed by atoms with E-state index in [9.17, 15) is 4.79 Å². The van der Waals surface area contributed by atoms with Crippen LogP contribution in [0.3, 0.4) is 0 Å². The molecule has 0 amide bonds. The molecule has 0 radical (unpaired) electrons. The minimum Gasteiger partial charge on any atom is -0.385 e. The van der Waals surface area contributed by atoms with Crippen LogP contribution >= 0.6 is 0 Å². The van der Waals surface area contributed by atoms with E-state index in [1.54, 1.807) is 6.20 Å². The molecule has 0 saturated carbocycles. The summed E-state index contributed by atoms with van der Waals surface area (Å²) in [7, 11) is 0. The molecule has 0 saturated heterocycles. The first-order valence-corrected chi connectivity index (χ1v) is 7.33. The van der Waals surface area contributed by atoms with Gasteiger partial charge in [-0.1, -0.05) is 6.07 Å².